The smallest absolute Gasteiger partial charge is 0.417 e. The average Bonchev–Trinajstić information content (AvgIpc) is 2.62. The van der Waals surface area contributed by atoms with Crippen LogP contribution < -0.4 is 10.7 Å². The fraction of sp³-hybridized carbons (Fsp3) is 0.211. The Labute approximate surface area is 169 Å². The van der Waals surface area contributed by atoms with E-state index in [1.165, 1.54) is 19.1 Å². The second-order valence-electron chi connectivity index (χ2n) is 6.18. The Bertz CT molecular complexity index is 975. The molecule has 154 valence electrons. The molecule has 2 amide bonds. The first-order valence-corrected chi connectivity index (χ1v) is 8.65. The van der Waals surface area contributed by atoms with Crippen LogP contribution in [0.15, 0.2) is 41.5 Å². The molecule has 0 aliphatic rings. The molecule has 0 heterocycles. The third kappa shape index (κ3) is 5.95. The van der Waals surface area contributed by atoms with Gasteiger partial charge >= 0.3 is 6.18 Å². The third-order valence-electron chi connectivity index (χ3n) is 3.80. The molecular formula is C19H17ClF3N3O3. The number of para-hydroxylation sites is 1. The van der Waals surface area contributed by atoms with Gasteiger partial charge in [0.15, 0.2) is 0 Å². The Morgan fingerprint density at radius 1 is 1.21 bits per heavy atom. The summed E-state index contributed by atoms with van der Waals surface area (Å²) in [6.45, 7) is 3.09. The summed E-state index contributed by atoms with van der Waals surface area (Å²) >= 11 is 5.53. The van der Waals surface area contributed by atoms with Gasteiger partial charge in [0.1, 0.15) is 5.75 Å². The van der Waals surface area contributed by atoms with Crippen LogP contribution in [0.3, 0.4) is 0 Å². The van der Waals surface area contributed by atoms with Gasteiger partial charge in [-0.15, -0.1) is 0 Å². The maximum Gasteiger partial charge on any atom is 0.417 e. The molecular weight excluding hydrogens is 411 g/mol. The molecule has 29 heavy (non-hydrogen) atoms. The summed E-state index contributed by atoms with van der Waals surface area (Å²) in [5.74, 6) is -1.48. The van der Waals surface area contributed by atoms with Gasteiger partial charge in [0.25, 0.3) is 5.91 Å². The number of nitrogens with one attached hydrogen (secondary N) is 2. The Morgan fingerprint density at radius 3 is 2.55 bits per heavy atom. The summed E-state index contributed by atoms with van der Waals surface area (Å²) in [4.78, 5) is 24.1. The molecule has 2 aromatic rings. The predicted octanol–water partition coefficient (Wildman–Crippen LogP) is 4.51. The van der Waals surface area contributed by atoms with E-state index in [1.54, 1.807) is 19.1 Å². The molecule has 0 aromatic heterocycles. The van der Waals surface area contributed by atoms with Crippen molar-refractivity contribution in [1.82, 2.24) is 5.43 Å². The monoisotopic (exact) mass is 427 g/mol. The van der Waals surface area contributed by atoms with Crippen LogP contribution >= 0.6 is 11.6 Å². The molecule has 0 atom stereocenters. The van der Waals surface area contributed by atoms with Gasteiger partial charge in [-0.25, -0.2) is 5.43 Å². The molecule has 0 fully saturated rings. The minimum atomic E-state index is -4.65. The summed E-state index contributed by atoms with van der Waals surface area (Å²) in [5, 5.41) is 15.5. The number of benzene rings is 2. The van der Waals surface area contributed by atoms with Gasteiger partial charge < -0.3 is 10.4 Å². The lowest BCUT2D eigenvalue weighted by Crippen LogP contribution is -2.21. The summed E-state index contributed by atoms with van der Waals surface area (Å²) < 4.78 is 38.6. The fourth-order valence-corrected chi connectivity index (χ4v) is 2.57. The molecule has 10 heteroatoms. The molecule has 0 radical (unpaired) electrons. The van der Waals surface area contributed by atoms with E-state index in [-0.39, 0.29) is 29.1 Å². The maximum atomic E-state index is 12.9. The van der Waals surface area contributed by atoms with E-state index in [4.69, 9.17) is 11.6 Å². The van der Waals surface area contributed by atoms with Crippen LogP contribution in [0.4, 0.5) is 18.9 Å². The molecule has 0 spiro atoms. The first-order chi connectivity index (χ1) is 13.5. The van der Waals surface area contributed by atoms with E-state index < -0.39 is 28.6 Å². The number of nitrogens with zero attached hydrogens (tertiary/aromatic N) is 1. The number of amides is 2. The summed E-state index contributed by atoms with van der Waals surface area (Å²) in [6.07, 6.45) is -4.93. The van der Waals surface area contributed by atoms with Gasteiger partial charge in [-0.1, -0.05) is 23.7 Å². The number of hydrogen-bond donors (Lipinski definition) is 3. The van der Waals surface area contributed by atoms with Crippen molar-refractivity contribution in [2.75, 3.05) is 5.32 Å². The molecule has 6 nitrogen and oxygen atoms in total. The molecule has 0 bridgehead atoms. The van der Waals surface area contributed by atoms with E-state index in [0.29, 0.717) is 5.56 Å². The number of alkyl halides is 3. The van der Waals surface area contributed by atoms with Crippen LogP contribution in [-0.4, -0.2) is 22.6 Å². The molecule has 2 rings (SSSR count). The zero-order valence-electron chi connectivity index (χ0n) is 15.4. The highest BCUT2D eigenvalue weighted by Crippen LogP contribution is 2.36. The van der Waals surface area contributed by atoms with Crippen molar-refractivity contribution < 1.29 is 27.9 Å². The minimum Gasteiger partial charge on any atom is -0.507 e. The van der Waals surface area contributed by atoms with E-state index in [0.717, 1.165) is 12.1 Å². The number of aryl methyl sites for hydroxylation is 1. The van der Waals surface area contributed by atoms with Crippen LogP contribution in [0.2, 0.25) is 5.02 Å². The molecule has 3 N–H and O–H groups in total. The molecule has 0 aliphatic carbocycles. The number of carbonyl (C=O) groups excluding carboxylic acids is 2. The normalized spacial score (nSPS) is 11.9. The number of anilines is 1. The van der Waals surface area contributed by atoms with E-state index in [9.17, 15) is 27.9 Å². The van der Waals surface area contributed by atoms with Crippen molar-refractivity contribution >= 4 is 34.8 Å². The molecule has 0 saturated carbocycles. The molecule has 0 unspecified atom stereocenters. The SMILES string of the molecule is CC(CC(=O)Nc1ccc(Cl)c(C(F)(F)F)c1)=NNC(=O)c1cccc(C)c1O. The highest BCUT2D eigenvalue weighted by atomic mass is 35.5. The van der Waals surface area contributed by atoms with Gasteiger partial charge in [0.2, 0.25) is 5.91 Å². The summed E-state index contributed by atoms with van der Waals surface area (Å²) in [6, 6.07) is 7.64. The van der Waals surface area contributed by atoms with E-state index in [1.807, 2.05) is 0 Å². The quantitative estimate of drug-likeness (QED) is 0.484. The Morgan fingerprint density at radius 2 is 1.90 bits per heavy atom. The van der Waals surface area contributed by atoms with Crippen LogP contribution in [0.5, 0.6) is 5.75 Å². The average molecular weight is 428 g/mol. The lowest BCUT2D eigenvalue weighted by atomic mass is 10.1. The van der Waals surface area contributed by atoms with Crippen LogP contribution in [-0.2, 0) is 11.0 Å². The van der Waals surface area contributed by atoms with E-state index >= 15 is 0 Å². The van der Waals surface area contributed by atoms with Gasteiger partial charge in [-0.3, -0.25) is 9.59 Å². The van der Waals surface area contributed by atoms with Crippen molar-refractivity contribution in [3.8, 4) is 5.75 Å². The van der Waals surface area contributed by atoms with Gasteiger partial charge in [-0.2, -0.15) is 18.3 Å². The zero-order chi connectivity index (χ0) is 21.8. The third-order valence-corrected chi connectivity index (χ3v) is 4.13. The summed E-state index contributed by atoms with van der Waals surface area (Å²) in [5.41, 5.74) is 1.81. The van der Waals surface area contributed by atoms with Crippen molar-refractivity contribution in [3.05, 3.63) is 58.1 Å². The van der Waals surface area contributed by atoms with Crippen molar-refractivity contribution in [2.45, 2.75) is 26.4 Å². The maximum absolute atomic E-state index is 12.9. The van der Waals surface area contributed by atoms with Crippen molar-refractivity contribution in [1.29, 1.82) is 0 Å². The Kier molecular flexibility index (Phi) is 6.86. The highest BCUT2D eigenvalue weighted by Gasteiger charge is 2.33. The topological polar surface area (TPSA) is 90.8 Å². The number of phenolic OH excluding ortho intramolecular Hbond substituents is 1. The Balaban J connectivity index is 2.00. The number of rotatable bonds is 5. The molecule has 2 aromatic carbocycles. The number of carbonyl (C=O) groups is 2. The van der Waals surface area contributed by atoms with Crippen LogP contribution in [0.1, 0.15) is 34.8 Å². The summed E-state index contributed by atoms with van der Waals surface area (Å²) in [7, 11) is 0. The Hall–Kier alpha value is -3.07. The number of hydrogen-bond acceptors (Lipinski definition) is 4. The number of hydrazone groups is 1. The predicted molar refractivity (Wildman–Crippen MR) is 103 cm³/mol. The van der Waals surface area contributed by atoms with E-state index in [2.05, 4.69) is 15.8 Å². The number of aromatic hydroxyl groups is 1. The van der Waals surface area contributed by atoms with Gasteiger partial charge in [-0.05, 0) is 43.7 Å². The molecule has 0 saturated heterocycles. The van der Waals surface area contributed by atoms with Crippen LogP contribution in [0, 0.1) is 6.92 Å². The van der Waals surface area contributed by atoms with Crippen LogP contribution in [0.25, 0.3) is 0 Å². The van der Waals surface area contributed by atoms with Gasteiger partial charge in [0, 0.05) is 11.4 Å². The number of phenols is 1. The number of halogens is 4. The first kappa shape index (κ1) is 22.2. The minimum absolute atomic E-state index is 0.0202. The second-order valence-corrected chi connectivity index (χ2v) is 6.58. The highest BCUT2D eigenvalue weighted by molar-refractivity contribution is 6.31. The lowest BCUT2D eigenvalue weighted by Gasteiger charge is -2.12. The van der Waals surface area contributed by atoms with Gasteiger partial charge in [0.05, 0.1) is 22.6 Å². The molecule has 0 aliphatic heterocycles. The van der Waals surface area contributed by atoms with Crippen molar-refractivity contribution in [3.63, 3.8) is 0 Å². The second kappa shape index (κ2) is 8.95. The standard InChI is InChI=1S/C19H17ClF3N3O3/c1-10-4-3-5-13(17(10)28)18(29)26-25-11(2)8-16(27)24-12-6-7-15(20)14(9-12)19(21,22)23/h3-7,9,28H,8H2,1-2H3,(H,24,27)(H,26,29). The zero-order valence-corrected chi connectivity index (χ0v) is 16.1. The largest absolute Gasteiger partial charge is 0.507 e. The lowest BCUT2D eigenvalue weighted by molar-refractivity contribution is -0.137. The first-order valence-electron chi connectivity index (χ1n) is 8.27. The van der Waals surface area contributed by atoms with Crippen molar-refractivity contribution in [2.24, 2.45) is 5.10 Å². The fourth-order valence-electron chi connectivity index (χ4n) is 2.35.